The zero-order valence-corrected chi connectivity index (χ0v) is 11.6. The van der Waals surface area contributed by atoms with Gasteiger partial charge in [-0.1, -0.05) is 24.6 Å². The zero-order chi connectivity index (χ0) is 11.3. The van der Waals surface area contributed by atoms with Crippen molar-refractivity contribution < 1.29 is 4.74 Å². The number of nitrogens with zero attached hydrogens (tertiary/aromatic N) is 1. The summed E-state index contributed by atoms with van der Waals surface area (Å²) in [7, 11) is 4.07. The standard InChI is InChI=1S/C12H18ClNO.ClH/c1-4-7-15-12-6-5-10(8-11(12)13)9-14(2)3;/h5-6,8H,4,7,9H2,1-3H3;1H. The van der Waals surface area contributed by atoms with E-state index >= 15 is 0 Å². The van der Waals surface area contributed by atoms with Crippen molar-refractivity contribution in [3.05, 3.63) is 28.8 Å². The fraction of sp³-hybridized carbons (Fsp3) is 0.500. The van der Waals surface area contributed by atoms with Gasteiger partial charge in [0.15, 0.2) is 0 Å². The van der Waals surface area contributed by atoms with Gasteiger partial charge in [0, 0.05) is 6.54 Å². The molecular weight excluding hydrogens is 245 g/mol. The maximum absolute atomic E-state index is 6.11. The van der Waals surface area contributed by atoms with Gasteiger partial charge in [-0.3, -0.25) is 0 Å². The van der Waals surface area contributed by atoms with Gasteiger partial charge in [-0.05, 0) is 38.2 Å². The second kappa shape index (κ2) is 7.77. The molecule has 0 bridgehead atoms. The van der Waals surface area contributed by atoms with E-state index in [1.807, 2.05) is 26.2 Å². The van der Waals surface area contributed by atoms with Gasteiger partial charge >= 0.3 is 0 Å². The predicted octanol–water partition coefficient (Wildman–Crippen LogP) is 3.61. The van der Waals surface area contributed by atoms with E-state index in [4.69, 9.17) is 16.3 Å². The van der Waals surface area contributed by atoms with Gasteiger partial charge < -0.3 is 9.64 Å². The molecular formula is C12H19Cl2NO. The lowest BCUT2D eigenvalue weighted by Crippen LogP contribution is -2.10. The molecule has 1 rings (SSSR count). The van der Waals surface area contributed by atoms with Crippen LogP contribution >= 0.6 is 24.0 Å². The van der Waals surface area contributed by atoms with Crippen molar-refractivity contribution in [2.45, 2.75) is 19.9 Å². The van der Waals surface area contributed by atoms with Gasteiger partial charge in [0.1, 0.15) is 5.75 Å². The van der Waals surface area contributed by atoms with E-state index in [0.717, 1.165) is 18.7 Å². The minimum absolute atomic E-state index is 0. The molecule has 0 spiro atoms. The Morgan fingerprint density at radius 2 is 2.00 bits per heavy atom. The number of rotatable bonds is 5. The van der Waals surface area contributed by atoms with Gasteiger partial charge in [-0.25, -0.2) is 0 Å². The lowest BCUT2D eigenvalue weighted by Gasteiger charge is -2.12. The third-order valence-electron chi connectivity index (χ3n) is 1.96. The molecule has 16 heavy (non-hydrogen) atoms. The highest BCUT2D eigenvalue weighted by atomic mass is 35.5. The Labute approximate surface area is 109 Å². The van der Waals surface area contributed by atoms with E-state index < -0.39 is 0 Å². The first-order valence-electron chi connectivity index (χ1n) is 5.19. The van der Waals surface area contributed by atoms with Gasteiger partial charge in [-0.2, -0.15) is 0 Å². The van der Waals surface area contributed by atoms with Crippen LogP contribution in [0.1, 0.15) is 18.9 Å². The van der Waals surface area contributed by atoms with Crippen molar-refractivity contribution in [2.24, 2.45) is 0 Å². The van der Waals surface area contributed by atoms with Crippen molar-refractivity contribution in [2.75, 3.05) is 20.7 Å². The summed E-state index contributed by atoms with van der Waals surface area (Å²) in [4.78, 5) is 2.11. The summed E-state index contributed by atoms with van der Waals surface area (Å²) in [6.45, 7) is 3.69. The van der Waals surface area contributed by atoms with Crippen LogP contribution in [0.3, 0.4) is 0 Å². The minimum Gasteiger partial charge on any atom is -0.492 e. The van der Waals surface area contributed by atoms with E-state index in [1.54, 1.807) is 0 Å². The van der Waals surface area contributed by atoms with Crippen molar-refractivity contribution in [3.8, 4) is 5.75 Å². The molecule has 0 heterocycles. The summed E-state index contributed by atoms with van der Waals surface area (Å²) >= 11 is 6.11. The molecule has 0 aliphatic carbocycles. The third kappa shape index (κ3) is 5.06. The molecule has 0 aromatic heterocycles. The number of halogens is 2. The summed E-state index contributed by atoms with van der Waals surface area (Å²) in [6.07, 6.45) is 0.996. The Kier molecular flexibility index (Phi) is 7.56. The highest BCUT2D eigenvalue weighted by molar-refractivity contribution is 6.32. The van der Waals surface area contributed by atoms with Crippen LogP contribution in [-0.2, 0) is 6.54 Å². The van der Waals surface area contributed by atoms with Crippen LogP contribution in [-0.4, -0.2) is 25.6 Å². The normalized spacial score (nSPS) is 10.1. The van der Waals surface area contributed by atoms with Crippen molar-refractivity contribution in [3.63, 3.8) is 0 Å². The van der Waals surface area contributed by atoms with Crippen LogP contribution in [0.4, 0.5) is 0 Å². The predicted molar refractivity (Wildman–Crippen MR) is 71.9 cm³/mol. The van der Waals surface area contributed by atoms with Crippen LogP contribution in [0.5, 0.6) is 5.75 Å². The molecule has 0 aliphatic rings. The van der Waals surface area contributed by atoms with Crippen molar-refractivity contribution >= 4 is 24.0 Å². The maximum Gasteiger partial charge on any atom is 0.137 e. The first kappa shape index (κ1) is 15.6. The third-order valence-corrected chi connectivity index (χ3v) is 2.25. The largest absolute Gasteiger partial charge is 0.492 e. The van der Waals surface area contributed by atoms with Gasteiger partial charge in [0.2, 0.25) is 0 Å². The first-order chi connectivity index (χ1) is 7.13. The smallest absolute Gasteiger partial charge is 0.137 e. The lowest BCUT2D eigenvalue weighted by atomic mass is 10.2. The van der Waals surface area contributed by atoms with Gasteiger partial charge in [0.25, 0.3) is 0 Å². The highest BCUT2D eigenvalue weighted by Gasteiger charge is 2.03. The SMILES string of the molecule is CCCOc1ccc(CN(C)C)cc1Cl.Cl. The highest BCUT2D eigenvalue weighted by Crippen LogP contribution is 2.25. The maximum atomic E-state index is 6.11. The van der Waals surface area contributed by atoms with E-state index in [2.05, 4.69) is 17.9 Å². The second-order valence-electron chi connectivity index (χ2n) is 3.85. The summed E-state index contributed by atoms with van der Waals surface area (Å²) in [5.41, 5.74) is 1.20. The minimum atomic E-state index is 0. The molecule has 0 atom stereocenters. The molecule has 0 amide bonds. The van der Waals surface area contributed by atoms with Crippen LogP contribution in [0, 0.1) is 0 Å². The monoisotopic (exact) mass is 263 g/mol. The Morgan fingerprint density at radius 1 is 1.31 bits per heavy atom. The van der Waals surface area contributed by atoms with E-state index in [1.165, 1.54) is 5.56 Å². The van der Waals surface area contributed by atoms with Crippen molar-refractivity contribution in [1.82, 2.24) is 4.90 Å². The molecule has 0 N–H and O–H groups in total. The summed E-state index contributed by atoms with van der Waals surface area (Å²) < 4.78 is 5.50. The number of hydrogen-bond acceptors (Lipinski definition) is 2. The Hall–Kier alpha value is -0.440. The molecule has 0 fully saturated rings. The van der Waals surface area contributed by atoms with Gasteiger partial charge in [0.05, 0.1) is 11.6 Å². The zero-order valence-electron chi connectivity index (χ0n) is 10.00. The quantitative estimate of drug-likeness (QED) is 0.805. The molecule has 0 unspecified atom stereocenters. The number of ether oxygens (including phenoxy) is 1. The first-order valence-corrected chi connectivity index (χ1v) is 5.57. The Morgan fingerprint density at radius 3 is 2.50 bits per heavy atom. The summed E-state index contributed by atoms with van der Waals surface area (Å²) in [6, 6.07) is 5.96. The molecule has 0 saturated carbocycles. The molecule has 4 heteroatoms. The molecule has 1 aromatic carbocycles. The Balaban J connectivity index is 0.00000225. The van der Waals surface area contributed by atoms with Crippen LogP contribution in [0.15, 0.2) is 18.2 Å². The number of benzene rings is 1. The summed E-state index contributed by atoms with van der Waals surface area (Å²) in [5, 5.41) is 0.697. The van der Waals surface area contributed by atoms with Gasteiger partial charge in [-0.15, -0.1) is 12.4 Å². The summed E-state index contributed by atoms with van der Waals surface area (Å²) in [5.74, 6) is 0.779. The topological polar surface area (TPSA) is 12.5 Å². The van der Waals surface area contributed by atoms with E-state index in [9.17, 15) is 0 Å². The van der Waals surface area contributed by atoms with Crippen LogP contribution < -0.4 is 4.74 Å². The van der Waals surface area contributed by atoms with Crippen LogP contribution in [0.2, 0.25) is 5.02 Å². The molecule has 92 valence electrons. The number of hydrogen-bond donors (Lipinski definition) is 0. The molecule has 0 radical (unpaired) electrons. The molecule has 0 saturated heterocycles. The van der Waals surface area contributed by atoms with Crippen LogP contribution in [0.25, 0.3) is 0 Å². The molecule has 2 nitrogen and oxygen atoms in total. The fourth-order valence-corrected chi connectivity index (χ4v) is 1.59. The van der Waals surface area contributed by atoms with E-state index in [-0.39, 0.29) is 12.4 Å². The average Bonchev–Trinajstić information content (AvgIpc) is 2.15. The average molecular weight is 264 g/mol. The second-order valence-corrected chi connectivity index (χ2v) is 4.26. The van der Waals surface area contributed by atoms with Crippen molar-refractivity contribution in [1.29, 1.82) is 0 Å². The van der Waals surface area contributed by atoms with E-state index in [0.29, 0.717) is 11.6 Å². The molecule has 0 aliphatic heterocycles. The Bertz CT molecular complexity index is 316. The lowest BCUT2D eigenvalue weighted by molar-refractivity contribution is 0.317. The fourth-order valence-electron chi connectivity index (χ4n) is 1.34. The molecule has 1 aromatic rings.